The molecule has 1 atom stereocenters. The van der Waals surface area contributed by atoms with Gasteiger partial charge in [-0.25, -0.2) is 8.42 Å². The Morgan fingerprint density at radius 3 is 2.68 bits per heavy atom. The normalized spacial score (nSPS) is 17.7. The van der Waals surface area contributed by atoms with Gasteiger partial charge < -0.3 is 5.32 Å². The summed E-state index contributed by atoms with van der Waals surface area (Å²) in [5.41, 5.74) is 2.19. The molecule has 5 nitrogen and oxygen atoms in total. The molecule has 1 aromatic carbocycles. The van der Waals surface area contributed by atoms with Crippen LogP contribution in [0.1, 0.15) is 43.1 Å². The van der Waals surface area contributed by atoms with Crippen molar-refractivity contribution in [1.82, 2.24) is 5.32 Å². The molecule has 1 heterocycles. The van der Waals surface area contributed by atoms with Crippen molar-refractivity contribution in [3.63, 3.8) is 0 Å². The fourth-order valence-corrected chi connectivity index (χ4v) is 4.09. The van der Waals surface area contributed by atoms with Gasteiger partial charge in [0.25, 0.3) is 5.91 Å². The summed E-state index contributed by atoms with van der Waals surface area (Å²) in [6.07, 6.45) is 2.79. The van der Waals surface area contributed by atoms with Gasteiger partial charge in [0.1, 0.15) is 0 Å². The lowest BCUT2D eigenvalue weighted by atomic mass is 10.1. The van der Waals surface area contributed by atoms with Crippen molar-refractivity contribution in [2.75, 3.05) is 17.1 Å². The molecule has 1 aromatic rings. The maximum atomic E-state index is 12.1. The second kappa shape index (κ2) is 6.28. The van der Waals surface area contributed by atoms with E-state index in [1.165, 1.54) is 10.6 Å². The second-order valence-corrected chi connectivity index (χ2v) is 8.25. The molecule has 0 aromatic heterocycles. The lowest BCUT2D eigenvalue weighted by Gasteiger charge is -2.21. The molecule has 0 saturated carbocycles. The third-order valence-corrected chi connectivity index (χ3v) is 5.13. The summed E-state index contributed by atoms with van der Waals surface area (Å²) in [5, 5.41) is 2.90. The van der Waals surface area contributed by atoms with Crippen molar-refractivity contribution in [1.29, 1.82) is 0 Å². The average Bonchev–Trinajstić information content (AvgIpc) is 2.72. The maximum absolute atomic E-state index is 12.1. The smallest absolute Gasteiger partial charge is 0.251 e. The highest BCUT2D eigenvalue weighted by molar-refractivity contribution is 7.92. The summed E-state index contributed by atoms with van der Waals surface area (Å²) in [6.45, 7) is 6.76. The Hall–Kier alpha value is -1.56. The van der Waals surface area contributed by atoms with Crippen LogP contribution in [0.15, 0.2) is 18.2 Å². The van der Waals surface area contributed by atoms with Gasteiger partial charge in [-0.2, -0.15) is 0 Å². The van der Waals surface area contributed by atoms with Crippen LogP contribution in [0.4, 0.5) is 5.69 Å². The molecule has 122 valence electrons. The van der Waals surface area contributed by atoms with Crippen molar-refractivity contribution in [2.24, 2.45) is 5.92 Å². The van der Waals surface area contributed by atoms with Gasteiger partial charge in [0.05, 0.1) is 11.9 Å². The van der Waals surface area contributed by atoms with Crippen molar-refractivity contribution in [3.05, 3.63) is 29.3 Å². The summed E-state index contributed by atoms with van der Waals surface area (Å²) in [4.78, 5) is 12.1. The van der Waals surface area contributed by atoms with Gasteiger partial charge in [0.15, 0.2) is 0 Å². The number of nitrogens with one attached hydrogen (secondary N) is 1. The number of anilines is 1. The SMILES string of the molecule is CC(C)CCNC(=O)c1ccc2c(c1)C[C@H](C)N2S(C)(=O)=O. The van der Waals surface area contributed by atoms with Gasteiger partial charge in [-0.3, -0.25) is 9.10 Å². The number of benzene rings is 1. The van der Waals surface area contributed by atoms with Crippen molar-refractivity contribution in [3.8, 4) is 0 Å². The van der Waals surface area contributed by atoms with Gasteiger partial charge in [0.2, 0.25) is 10.0 Å². The quantitative estimate of drug-likeness (QED) is 0.902. The van der Waals surface area contributed by atoms with Crippen LogP contribution >= 0.6 is 0 Å². The van der Waals surface area contributed by atoms with Crippen LogP contribution in [0.3, 0.4) is 0 Å². The number of hydrogen-bond acceptors (Lipinski definition) is 3. The number of nitrogens with zero attached hydrogens (tertiary/aromatic N) is 1. The van der Waals surface area contributed by atoms with E-state index in [9.17, 15) is 13.2 Å². The van der Waals surface area contributed by atoms with Crippen molar-refractivity contribution >= 4 is 21.6 Å². The molecule has 22 heavy (non-hydrogen) atoms. The highest BCUT2D eigenvalue weighted by atomic mass is 32.2. The molecule has 1 amide bonds. The van der Waals surface area contributed by atoms with Crippen LogP contribution in [0, 0.1) is 5.92 Å². The summed E-state index contributed by atoms with van der Waals surface area (Å²) in [6, 6.07) is 5.13. The molecule has 2 rings (SSSR count). The van der Waals surface area contributed by atoms with E-state index in [0.717, 1.165) is 12.0 Å². The van der Waals surface area contributed by atoms with Gasteiger partial charge >= 0.3 is 0 Å². The van der Waals surface area contributed by atoms with Crippen LogP contribution < -0.4 is 9.62 Å². The number of hydrogen-bond donors (Lipinski definition) is 1. The Kier molecular flexibility index (Phi) is 4.80. The topological polar surface area (TPSA) is 66.5 Å². The lowest BCUT2D eigenvalue weighted by molar-refractivity contribution is 0.0952. The molecule has 6 heteroatoms. The Balaban J connectivity index is 2.17. The average molecular weight is 324 g/mol. The molecular formula is C16H24N2O3S. The molecule has 0 bridgehead atoms. The minimum atomic E-state index is -3.29. The molecule has 1 aliphatic rings. The Morgan fingerprint density at radius 2 is 2.09 bits per heavy atom. The van der Waals surface area contributed by atoms with E-state index in [4.69, 9.17) is 0 Å². The molecule has 0 fully saturated rings. The predicted octanol–water partition coefficient (Wildman–Crippen LogP) is 2.17. The zero-order valence-electron chi connectivity index (χ0n) is 13.6. The summed E-state index contributed by atoms with van der Waals surface area (Å²) in [7, 11) is -3.29. The maximum Gasteiger partial charge on any atom is 0.251 e. The van der Waals surface area contributed by atoms with Gasteiger partial charge in [-0.15, -0.1) is 0 Å². The van der Waals surface area contributed by atoms with Crippen molar-refractivity contribution in [2.45, 2.75) is 39.7 Å². The van der Waals surface area contributed by atoms with Crippen LogP contribution in [0.2, 0.25) is 0 Å². The lowest BCUT2D eigenvalue weighted by Crippen LogP contribution is -2.34. The fraction of sp³-hybridized carbons (Fsp3) is 0.562. The summed E-state index contributed by atoms with van der Waals surface area (Å²) in [5.74, 6) is 0.443. The first-order chi connectivity index (χ1) is 10.2. The third kappa shape index (κ3) is 3.61. The number of sulfonamides is 1. The highest BCUT2D eigenvalue weighted by Gasteiger charge is 2.32. The van der Waals surface area contributed by atoms with Gasteiger partial charge in [-0.05, 0) is 49.4 Å². The zero-order valence-corrected chi connectivity index (χ0v) is 14.4. The first-order valence-corrected chi connectivity index (χ1v) is 9.45. The number of rotatable bonds is 5. The van der Waals surface area contributed by atoms with Crippen LogP contribution in [-0.2, 0) is 16.4 Å². The van der Waals surface area contributed by atoms with E-state index < -0.39 is 10.0 Å². The first-order valence-electron chi connectivity index (χ1n) is 7.60. The second-order valence-electron chi connectivity index (χ2n) is 6.39. The first kappa shape index (κ1) is 16.8. The van der Waals surface area contributed by atoms with E-state index in [1.54, 1.807) is 12.1 Å². The Bertz CT molecular complexity index is 668. The standard InChI is InChI=1S/C16H24N2O3S/c1-11(2)7-8-17-16(19)13-5-6-15-14(10-13)9-12(3)18(15)22(4,20)21/h5-6,10-12H,7-9H2,1-4H3,(H,17,19)/t12-/m0/s1. The summed E-state index contributed by atoms with van der Waals surface area (Å²) >= 11 is 0. The van der Waals surface area contributed by atoms with E-state index in [1.807, 2.05) is 13.0 Å². The fourth-order valence-electron chi connectivity index (χ4n) is 2.83. The zero-order chi connectivity index (χ0) is 16.5. The molecule has 1 aliphatic heterocycles. The molecule has 0 aliphatic carbocycles. The predicted molar refractivity (Wildman–Crippen MR) is 88.7 cm³/mol. The molecule has 0 radical (unpaired) electrons. The Labute approximate surface area is 132 Å². The highest BCUT2D eigenvalue weighted by Crippen LogP contribution is 2.34. The van der Waals surface area contributed by atoms with E-state index >= 15 is 0 Å². The van der Waals surface area contributed by atoms with Gasteiger partial charge in [0, 0.05) is 18.2 Å². The molecular weight excluding hydrogens is 300 g/mol. The Morgan fingerprint density at radius 1 is 1.41 bits per heavy atom. The van der Waals surface area contributed by atoms with Crippen LogP contribution in [-0.4, -0.2) is 33.2 Å². The summed E-state index contributed by atoms with van der Waals surface area (Å²) < 4.78 is 25.2. The third-order valence-electron chi connectivity index (χ3n) is 3.86. The molecule has 0 spiro atoms. The minimum absolute atomic E-state index is 0.103. The number of carbonyl (C=O) groups excluding carboxylic acids is 1. The molecule has 0 saturated heterocycles. The van der Waals surface area contributed by atoms with Crippen LogP contribution in [0.25, 0.3) is 0 Å². The number of fused-ring (bicyclic) bond motifs is 1. The van der Waals surface area contributed by atoms with E-state index in [-0.39, 0.29) is 11.9 Å². The molecule has 0 unspecified atom stereocenters. The number of carbonyl (C=O) groups is 1. The monoisotopic (exact) mass is 324 g/mol. The van der Waals surface area contributed by atoms with Crippen molar-refractivity contribution < 1.29 is 13.2 Å². The largest absolute Gasteiger partial charge is 0.352 e. The molecule has 1 N–H and O–H groups in total. The van der Waals surface area contributed by atoms with E-state index in [0.29, 0.717) is 30.1 Å². The van der Waals surface area contributed by atoms with Crippen LogP contribution in [0.5, 0.6) is 0 Å². The van der Waals surface area contributed by atoms with Gasteiger partial charge in [-0.1, -0.05) is 13.8 Å². The number of amides is 1. The van der Waals surface area contributed by atoms with E-state index in [2.05, 4.69) is 19.2 Å². The minimum Gasteiger partial charge on any atom is -0.352 e.